The SMILES string of the molecule is C#CCCCNC1(CO)CCCC(C)C1. The molecule has 2 unspecified atom stereocenters. The number of nitrogens with one attached hydrogen (secondary N) is 1. The van der Waals surface area contributed by atoms with Crippen LogP contribution in [0.3, 0.4) is 0 Å². The highest BCUT2D eigenvalue weighted by atomic mass is 16.3. The van der Waals surface area contributed by atoms with Crippen LogP contribution in [0, 0.1) is 18.3 Å². The lowest BCUT2D eigenvalue weighted by Crippen LogP contribution is -2.51. The van der Waals surface area contributed by atoms with Gasteiger partial charge in [-0.25, -0.2) is 0 Å². The summed E-state index contributed by atoms with van der Waals surface area (Å²) in [5, 5.41) is 13.0. The number of aliphatic hydroxyl groups excluding tert-OH is 1. The van der Waals surface area contributed by atoms with Crippen molar-refractivity contribution in [3.63, 3.8) is 0 Å². The van der Waals surface area contributed by atoms with Gasteiger partial charge in [0, 0.05) is 12.0 Å². The fraction of sp³-hybridized carbons (Fsp3) is 0.846. The number of aliphatic hydroxyl groups is 1. The van der Waals surface area contributed by atoms with Crippen molar-refractivity contribution in [3.8, 4) is 12.3 Å². The predicted octanol–water partition coefficient (Wildman–Crippen LogP) is 1.93. The van der Waals surface area contributed by atoms with Gasteiger partial charge in [-0.3, -0.25) is 0 Å². The lowest BCUT2D eigenvalue weighted by Gasteiger charge is -2.39. The lowest BCUT2D eigenvalue weighted by atomic mass is 9.77. The van der Waals surface area contributed by atoms with Crippen molar-refractivity contribution in [1.29, 1.82) is 0 Å². The van der Waals surface area contributed by atoms with Crippen molar-refractivity contribution in [3.05, 3.63) is 0 Å². The number of terminal acetylenes is 1. The van der Waals surface area contributed by atoms with E-state index in [1.165, 1.54) is 12.8 Å². The van der Waals surface area contributed by atoms with Crippen molar-refractivity contribution in [2.24, 2.45) is 5.92 Å². The third kappa shape index (κ3) is 3.85. The highest BCUT2D eigenvalue weighted by Gasteiger charge is 2.33. The molecule has 2 heteroatoms. The number of hydrogen-bond acceptors (Lipinski definition) is 2. The molecule has 86 valence electrons. The monoisotopic (exact) mass is 209 g/mol. The molecule has 2 atom stereocenters. The summed E-state index contributed by atoms with van der Waals surface area (Å²) in [6, 6.07) is 0. The molecule has 0 bridgehead atoms. The van der Waals surface area contributed by atoms with Crippen LogP contribution in [-0.4, -0.2) is 23.8 Å². The Kier molecular flexibility index (Phi) is 5.14. The van der Waals surface area contributed by atoms with Crippen LogP contribution in [0.4, 0.5) is 0 Å². The van der Waals surface area contributed by atoms with Gasteiger partial charge in [0.25, 0.3) is 0 Å². The second-order valence-electron chi connectivity index (χ2n) is 4.87. The first-order chi connectivity index (χ1) is 7.22. The minimum absolute atomic E-state index is 0.0216. The van der Waals surface area contributed by atoms with Gasteiger partial charge in [0.05, 0.1) is 6.61 Å². The molecule has 0 saturated heterocycles. The first-order valence-electron chi connectivity index (χ1n) is 6.02. The summed E-state index contributed by atoms with van der Waals surface area (Å²) >= 11 is 0. The summed E-state index contributed by atoms with van der Waals surface area (Å²) in [5.74, 6) is 3.37. The van der Waals surface area contributed by atoms with E-state index in [1.807, 2.05) is 0 Å². The van der Waals surface area contributed by atoms with Gasteiger partial charge in [-0.1, -0.05) is 19.8 Å². The molecular formula is C13H23NO. The largest absolute Gasteiger partial charge is 0.394 e. The van der Waals surface area contributed by atoms with E-state index < -0.39 is 0 Å². The maximum Gasteiger partial charge on any atom is 0.0613 e. The van der Waals surface area contributed by atoms with Crippen LogP contribution in [0.1, 0.15) is 45.4 Å². The Morgan fingerprint density at radius 3 is 3.00 bits per heavy atom. The Hall–Kier alpha value is -0.520. The van der Waals surface area contributed by atoms with Crippen molar-refractivity contribution in [2.45, 2.75) is 51.0 Å². The molecule has 1 aliphatic carbocycles. The van der Waals surface area contributed by atoms with Crippen LogP contribution >= 0.6 is 0 Å². The second kappa shape index (κ2) is 6.15. The Morgan fingerprint density at radius 2 is 2.40 bits per heavy atom. The number of rotatable bonds is 5. The molecule has 0 amide bonds. The molecule has 0 radical (unpaired) electrons. The van der Waals surface area contributed by atoms with Crippen LogP contribution in [0.5, 0.6) is 0 Å². The zero-order valence-corrected chi connectivity index (χ0v) is 9.76. The van der Waals surface area contributed by atoms with Crippen molar-refractivity contribution >= 4 is 0 Å². The first-order valence-corrected chi connectivity index (χ1v) is 6.02. The quantitative estimate of drug-likeness (QED) is 0.535. The summed E-state index contributed by atoms with van der Waals surface area (Å²) in [6.45, 7) is 3.46. The van der Waals surface area contributed by atoms with Crippen LogP contribution in [0.2, 0.25) is 0 Å². The molecule has 1 rings (SSSR count). The smallest absolute Gasteiger partial charge is 0.0613 e. The van der Waals surface area contributed by atoms with Crippen LogP contribution in [0.25, 0.3) is 0 Å². The Morgan fingerprint density at radius 1 is 1.60 bits per heavy atom. The van der Waals surface area contributed by atoms with Crippen molar-refractivity contribution in [1.82, 2.24) is 5.32 Å². The molecule has 0 aromatic carbocycles. The topological polar surface area (TPSA) is 32.3 Å². The van der Waals surface area contributed by atoms with Crippen LogP contribution < -0.4 is 5.32 Å². The van der Waals surface area contributed by atoms with Crippen molar-refractivity contribution < 1.29 is 5.11 Å². The number of hydrogen-bond donors (Lipinski definition) is 2. The Bertz CT molecular complexity index is 221. The normalized spacial score (nSPS) is 31.1. The molecule has 15 heavy (non-hydrogen) atoms. The Labute approximate surface area is 93.5 Å². The molecule has 0 heterocycles. The summed E-state index contributed by atoms with van der Waals surface area (Å²) in [7, 11) is 0. The van der Waals surface area contributed by atoms with Gasteiger partial charge in [0.2, 0.25) is 0 Å². The fourth-order valence-corrected chi connectivity index (χ4v) is 2.56. The molecule has 0 aromatic heterocycles. The van der Waals surface area contributed by atoms with Crippen LogP contribution in [-0.2, 0) is 0 Å². The molecule has 0 spiro atoms. The van der Waals surface area contributed by atoms with E-state index in [9.17, 15) is 5.11 Å². The second-order valence-corrected chi connectivity index (χ2v) is 4.87. The average molecular weight is 209 g/mol. The Balaban J connectivity index is 2.35. The third-order valence-corrected chi connectivity index (χ3v) is 3.39. The molecule has 0 aromatic rings. The maximum atomic E-state index is 9.51. The van der Waals surface area contributed by atoms with Gasteiger partial charge < -0.3 is 10.4 Å². The van der Waals surface area contributed by atoms with E-state index in [4.69, 9.17) is 6.42 Å². The zero-order chi connectivity index (χ0) is 11.1. The number of unbranched alkanes of at least 4 members (excludes halogenated alkanes) is 1. The van der Waals surface area contributed by atoms with Gasteiger partial charge in [0.15, 0.2) is 0 Å². The highest BCUT2D eigenvalue weighted by molar-refractivity contribution is 4.93. The minimum atomic E-state index is -0.0216. The molecule has 1 aliphatic rings. The summed E-state index contributed by atoms with van der Waals surface area (Å²) in [5.41, 5.74) is -0.0216. The fourth-order valence-electron chi connectivity index (χ4n) is 2.56. The predicted molar refractivity (Wildman–Crippen MR) is 63.5 cm³/mol. The van der Waals surface area contributed by atoms with E-state index in [2.05, 4.69) is 18.2 Å². The first kappa shape index (κ1) is 12.5. The van der Waals surface area contributed by atoms with Gasteiger partial charge in [-0.15, -0.1) is 12.3 Å². The minimum Gasteiger partial charge on any atom is -0.394 e. The van der Waals surface area contributed by atoms with Gasteiger partial charge in [-0.05, 0) is 31.7 Å². The van der Waals surface area contributed by atoms with E-state index in [-0.39, 0.29) is 12.1 Å². The van der Waals surface area contributed by atoms with Crippen LogP contribution in [0.15, 0.2) is 0 Å². The highest BCUT2D eigenvalue weighted by Crippen LogP contribution is 2.31. The van der Waals surface area contributed by atoms with E-state index in [1.54, 1.807) is 0 Å². The molecule has 0 aliphatic heterocycles. The molecular weight excluding hydrogens is 186 g/mol. The van der Waals surface area contributed by atoms with Gasteiger partial charge >= 0.3 is 0 Å². The van der Waals surface area contributed by atoms with E-state index in [0.29, 0.717) is 0 Å². The molecule has 1 fully saturated rings. The van der Waals surface area contributed by atoms with Crippen molar-refractivity contribution in [2.75, 3.05) is 13.2 Å². The molecule has 2 N–H and O–H groups in total. The summed E-state index contributed by atoms with van der Waals surface area (Å²) in [4.78, 5) is 0. The average Bonchev–Trinajstić information content (AvgIpc) is 2.25. The van der Waals surface area contributed by atoms with Gasteiger partial charge in [-0.2, -0.15) is 0 Å². The van der Waals surface area contributed by atoms with E-state index >= 15 is 0 Å². The zero-order valence-electron chi connectivity index (χ0n) is 9.76. The summed E-state index contributed by atoms with van der Waals surface area (Å²) in [6.07, 6.45) is 11.8. The van der Waals surface area contributed by atoms with Gasteiger partial charge in [0.1, 0.15) is 0 Å². The molecule has 1 saturated carbocycles. The third-order valence-electron chi connectivity index (χ3n) is 3.39. The van der Waals surface area contributed by atoms with E-state index in [0.717, 1.165) is 38.1 Å². The molecule has 2 nitrogen and oxygen atoms in total. The maximum absolute atomic E-state index is 9.51. The summed E-state index contributed by atoms with van der Waals surface area (Å²) < 4.78 is 0. The lowest BCUT2D eigenvalue weighted by molar-refractivity contribution is 0.0998. The standard InChI is InChI=1S/C13H23NO/c1-3-4-5-9-14-13(11-15)8-6-7-12(2)10-13/h1,12,14-15H,4-11H2,2H3.